The Morgan fingerprint density at radius 3 is 2.47 bits per heavy atom. The van der Waals surface area contributed by atoms with Gasteiger partial charge in [-0.2, -0.15) is 0 Å². The minimum absolute atomic E-state index is 0.101. The van der Waals surface area contributed by atoms with Gasteiger partial charge in [0.1, 0.15) is 0 Å². The van der Waals surface area contributed by atoms with Crippen molar-refractivity contribution in [3.05, 3.63) is 84.4 Å². The van der Waals surface area contributed by atoms with Crippen LogP contribution in [0.2, 0.25) is 0 Å². The van der Waals surface area contributed by atoms with Crippen LogP contribution in [0.1, 0.15) is 24.8 Å². The lowest BCUT2D eigenvalue weighted by molar-refractivity contribution is -0.125. The third-order valence-electron chi connectivity index (χ3n) is 6.68. The first-order valence-electron chi connectivity index (χ1n) is 12.0. The van der Waals surface area contributed by atoms with Crippen LogP contribution in [0.15, 0.2) is 84.0 Å². The number of benzene rings is 3. The first kappa shape index (κ1) is 21.4. The number of thioether (sulfide) groups is 1. The Morgan fingerprint density at radius 1 is 0.971 bits per heavy atom. The molecule has 6 rings (SSSR count). The number of hydrogen-bond acceptors (Lipinski definition) is 4. The molecule has 1 aromatic heterocycles. The second-order valence-corrected chi connectivity index (χ2v) is 10.6. The summed E-state index contributed by atoms with van der Waals surface area (Å²) in [7, 11) is 0. The molecule has 2 atom stereocenters. The Kier molecular flexibility index (Phi) is 5.85. The molecule has 34 heavy (non-hydrogen) atoms. The molecule has 172 valence electrons. The number of H-pyrrole nitrogens is 1. The maximum absolute atomic E-state index is 13.1. The van der Waals surface area contributed by atoms with Crippen LogP contribution in [0.4, 0.5) is 0 Å². The minimum Gasteiger partial charge on any atom is -0.352 e. The summed E-state index contributed by atoms with van der Waals surface area (Å²) in [6.07, 6.45) is 3.05. The smallest absolute Gasteiger partial charge is 0.237 e. The van der Waals surface area contributed by atoms with Crippen LogP contribution in [0.3, 0.4) is 0 Å². The van der Waals surface area contributed by atoms with Crippen LogP contribution in [0.5, 0.6) is 0 Å². The molecule has 5 nitrogen and oxygen atoms in total. The zero-order valence-electron chi connectivity index (χ0n) is 19.0. The molecule has 1 aliphatic carbocycles. The zero-order valence-corrected chi connectivity index (χ0v) is 19.8. The summed E-state index contributed by atoms with van der Waals surface area (Å²) in [6.45, 7) is 1.64. The number of imidazole rings is 1. The fraction of sp³-hybridized carbons (Fsp3) is 0.286. The van der Waals surface area contributed by atoms with Crippen LogP contribution in [-0.4, -0.2) is 44.7 Å². The number of rotatable bonds is 7. The van der Waals surface area contributed by atoms with Gasteiger partial charge in [0.2, 0.25) is 5.91 Å². The number of nitrogens with zero attached hydrogens (tertiary/aromatic N) is 2. The van der Waals surface area contributed by atoms with E-state index >= 15 is 0 Å². The number of likely N-dealkylation sites (tertiary alicyclic amines) is 1. The van der Waals surface area contributed by atoms with Gasteiger partial charge in [-0.15, -0.1) is 0 Å². The molecule has 1 amide bonds. The van der Waals surface area contributed by atoms with Crippen molar-refractivity contribution >= 4 is 28.7 Å². The lowest BCUT2D eigenvalue weighted by atomic mass is 10.0. The van der Waals surface area contributed by atoms with Gasteiger partial charge in [-0.1, -0.05) is 78.5 Å². The summed E-state index contributed by atoms with van der Waals surface area (Å²) < 4.78 is 0. The Morgan fingerprint density at radius 2 is 1.71 bits per heavy atom. The average molecular weight is 469 g/mol. The maximum atomic E-state index is 13.1. The van der Waals surface area contributed by atoms with Gasteiger partial charge in [0.05, 0.1) is 17.1 Å². The monoisotopic (exact) mass is 468 g/mol. The molecule has 1 saturated carbocycles. The number of nitrogens with one attached hydrogen (secondary N) is 2. The SMILES string of the molecule is O=C(NC1CC1)[C@@H]1C[C@@H](Sc2nc3ccccc3[nH]2)CN1Cc1ccc(-c2ccccc2)cc1. The number of aromatic nitrogens is 2. The lowest BCUT2D eigenvalue weighted by Crippen LogP contribution is -2.43. The van der Waals surface area contributed by atoms with Gasteiger partial charge >= 0.3 is 0 Å². The lowest BCUT2D eigenvalue weighted by Gasteiger charge is -2.23. The molecule has 2 fully saturated rings. The topological polar surface area (TPSA) is 61.0 Å². The standard InChI is InChI=1S/C28H28N4OS/c33-27(29-22-14-15-22)26-16-23(34-28-30-24-8-4-5-9-25(24)31-28)18-32(26)17-19-10-12-21(13-11-19)20-6-2-1-3-7-20/h1-13,22-23,26H,14-18H2,(H,29,33)(H,30,31)/t23-,26+/m1/s1. The van der Waals surface area contributed by atoms with Crippen LogP contribution in [-0.2, 0) is 11.3 Å². The Balaban J connectivity index is 1.18. The van der Waals surface area contributed by atoms with Crippen molar-refractivity contribution < 1.29 is 4.79 Å². The summed E-state index contributed by atoms with van der Waals surface area (Å²) in [5.74, 6) is 0.177. The van der Waals surface area contributed by atoms with E-state index in [2.05, 4.69) is 69.8 Å². The first-order valence-corrected chi connectivity index (χ1v) is 12.9. The molecule has 4 aromatic rings. The Labute approximate surface area is 204 Å². The maximum Gasteiger partial charge on any atom is 0.237 e. The molecule has 1 saturated heterocycles. The van der Waals surface area contributed by atoms with E-state index < -0.39 is 0 Å². The van der Waals surface area contributed by atoms with Gasteiger partial charge in [-0.3, -0.25) is 9.69 Å². The first-order chi connectivity index (χ1) is 16.7. The molecule has 3 aromatic carbocycles. The van der Waals surface area contributed by atoms with Crippen molar-refractivity contribution in [2.24, 2.45) is 0 Å². The van der Waals surface area contributed by atoms with E-state index in [1.54, 1.807) is 11.8 Å². The highest BCUT2D eigenvalue weighted by atomic mass is 32.2. The second-order valence-electron chi connectivity index (χ2n) is 9.33. The third kappa shape index (κ3) is 4.74. The quantitative estimate of drug-likeness (QED) is 0.389. The molecular weight excluding hydrogens is 440 g/mol. The van der Waals surface area contributed by atoms with Crippen molar-refractivity contribution in [2.45, 2.75) is 48.3 Å². The minimum atomic E-state index is -0.101. The van der Waals surface area contributed by atoms with Crippen molar-refractivity contribution in [3.63, 3.8) is 0 Å². The van der Waals surface area contributed by atoms with Crippen LogP contribution >= 0.6 is 11.8 Å². The van der Waals surface area contributed by atoms with E-state index in [0.717, 1.165) is 48.5 Å². The highest BCUT2D eigenvalue weighted by Gasteiger charge is 2.39. The normalized spacial score (nSPS) is 20.6. The number of hydrogen-bond donors (Lipinski definition) is 2. The number of amides is 1. The highest BCUT2D eigenvalue weighted by molar-refractivity contribution is 7.99. The Hall–Kier alpha value is -3.09. The number of para-hydroxylation sites is 2. The molecule has 2 aliphatic rings. The zero-order chi connectivity index (χ0) is 22.9. The van der Waals surface area contributed by atoms with Gasteiger partial charge < -0.3 is 10.3 Å². The predicted octanol–water partition coefficient (Wildman–Crippen LogP) is 5.24. The van der Waals surface area contributed by atoms with Gasteiger partial charge in [-0.25, -0.2) is 4.98 Å². The van der Waals surface area contributed by atoms with E-state index in [-0.39, 0.29) is 11.9 Å². The fourth-order valence-electron chi connectivity index (χ4n) is 4.73. The summed E-state index contributed by atoms with van der Waals surface area (Å²) in [5.41, 5.74) is 5.72. The summed E-state index contributed by atoms with van der Waals surface area (Å²) in [6, 6.07) is 27.6. The van der Waals surface area contributed by atoms with Crippen LogP contribution < -0.4 is 5.32 Å². The summed E-state index contributed by atoms with van der Waals surface area (Å²) in [5, 5.41) is 4.49. The van der Waals surface area contributed by atoms with Crippen molar-refractivity contribution in [2.75, 3.05) is 6.54 Å². The van der Waals surface area contributed by atoms with E-state index in [4.69, 9.17) is 4.98 Å². The molecule has 1 aliphatic heterocycles. The predicted molar refractivity (Wildman–Crippen MR) is 138 cm³/mol. The van der Waals surface area contributed by atoms with Gasteiger partial charge in [0.25, 0.3) is 0 Å². The van der Waals surface area contributed by atoms with Gasteiger partial charge in [-0.05, 0) is 48.1 Å². The largest absolute Gasteiger partial charge is 0.352 e. The van der Waals surface area contributed by atoms with E-state index in [1.165, 1.54) is 16.7 Å². The number of carbonyl (C=O) groups excluding carboxylic acids is 1. The molecule has 6 heteroatoms. The van der Waals surface area contributed by atoms with E-state index in [1.807, 2.05) is 24.3 Å². The van der Waals surface area contributed by atoms with Gasteiger partial charge in [0.15, 0.2) is 5.16 Å². The number of fused-ring (bicyclic) bond motifs is 1. The van der Waals surface area contributed by atoms with Crippen molar-refractivity contribution in [1.82, 2.24) is 20.2 Å². The molecule has 0 spiro atoms. The number of aromatic amines is 1. The van der Waals surface area contributed by atoms with E-state index in [9.17, 15) is 4.79 Å². The number of carbonyl (C=O) groups is 1. The second kappa shape index (κ2) is 9.28. The fourth-order valence-corrected chi connectivity index (χ4v) is 5.91. The third-order valence-corrected chi connectivity index (χ3v) is 7.78. The van der Waals surface area contributed by atoms with Crippen LogP contribution in [0, 0.1) is 0 Å². The molecule has 0 unspecified atom stereocenters. The summed E-state index contributed by atoms with van der Waals surface area (Å²) >= 11 is 1.76. The average Bonchev–Trinajstić information content (AvgIpc) is 3.44. The molecule has 0 bridgehead atoms. The van der Waals surface area contributed by atoms with E-state index in [0.29, 0.717) is 11.3 Å². The molecule has 2 N–H and O–H groups in total. The Bertz CT molecular complexity index is 1250. The van der Waals surface area contributed by atoms with Crippen molar-refractivity contribution in [3.8, 4) is 11.1 Å². The molecule has 2 heterocycles. The molecule has 0 radical (unpaired) electrons. The molecular formula is C28H28N4OS. The summed E-state index contributed by atoms with van der Waals surface area (Å²) in [4.78, 5) is 23.6. The highest BCUT2D eigenvalue weighted by Crippen LogP contribution is 2.34. The van der Waals surface area contributed by atoms with Gasteiger partial charge in [0, 0.05) is 24.4 Å². The van der Waals surface area contributed by atoms with Crippen LogP contribution in [0.25, 0.3) is 22.2 Å². The van der Waals surface area contributed by atoms with Crippen molar-refractivity contribution in [1.29, 1.82) is 0 Å².